The van der Waals surface area contributed by atoms with Gasteiger partial charge in [-0.05, 0) is 31.5 Å². The molecular weight excluding hydrogens is 242 g/mol. The molecule has 1 aromatic rings. The van der Waals surface area contributed by atoms with E-state index in [2.05, 4.69) is 5.32 Å². The van der Waals surface area contributed by atoms with E-state index in [0.29, 0.717) is 18.7 Å². The Bertz CT molecular complexity index is 428. The van der Waals surface area contributed by atoms with Crippen molar-refractivity contribution < 1.29 is 9.90 Å². The Morgan fingerprint density at radius 3 is 2.95 bits per heavy atom. The van der Waals surface area contributed by atoms with Crippen LogP contribution in [0.15, 0.2) is 18.2 Å². The number of anilines is 1. The number of hydrogen-bond donors (Lipinski definition) is 3. The normalized spacial score (nSPS) is 15.2. The molecule has 0 saturated carbocycles. The summed E-state index contributed by atoms with van der Waals surface area (Å²) in [7, 11) is 0. The second-order valence-corrected chi connectivity index (χ2v) is 4.86. The fourth-order valence-corrected chi connectivity index (χ4v) is 2.33. The Labute approximate surface area is 113 Å². The standard InChI is InChI=1S/C14H21N3O2/c15-12-4-1-5-13(18)11(12)10-16-7-3-9-17-8-2-6-14(17)19/h1,4-5,16,18H,2-3,6-10,15H2. The van der Waals surface area contributed by atoms with Crippen LogP contribution in [-0.2, 0) is 11.3 Å². The third kappa shape index (κ3) is 3.61. The number of aromatic hydroxyl groups is 1. The fourth-order valence-electron chi connectivity index (χ4n) is 2.33. The highest BCUT2D eigenvalue weighted by Crippen LogP contribution is 2.22. The van der Waals surface area contributed by atoms with E-state index in [-0.39, 0.29) is 11.7 Å². The molecule has 1 saturated heterocycles. The van der Waals surface area contributed by atoms with Gasteiger partial charge in [0, 0.05) is 37.3 Å². The molecule has 5 nitrogen and oxygen atoms in total. The number of nitrogens with two attached hydrogens (primary N) is 1. The van der Waals surface area contributed by atoms with Crippen molar-refractivity contribution in [3.05, 3.63) is 23.8 Å². The van der Waals surface area contributed by atoms with E-state index in [1.165, 1.54) is 0 Å². The lowest BCUT2D eigenvalue weighted by Crippen LogP contribution is -2.28. The number of nitrogen functional groups attached to an aromatic ring is 1. The summed E-state index contributed by atoms with van der Waals surface area (Å²) in [5, 5.41) is 12.9. The van der Waals surface area contributed by atoms with Crippen LogP contribution in [0.3, 0.4) is 0 Å². The van der Waals surface area contributed by atoms with Gasteiger partial charge < -0.3 is 21.1 Å². The fraction of sp³-hybridized carbons (Fsp3) is 0.500. The summed E-state index contributed by atoms with van der Waals surface area (Å²) >= 11 is 0. The van der Waals surface area contributed by atoms with Crippen LogP contribution in [0, 0.1) is 0 Å². The summed E-state index contributed by atoms with van der Waals surface area (Å²) in [6.07, 6.45) is 2.60. The number of amides is 1. The van der Waals surface area contributed by atoms with Crippen LogP contribution in [0.1, 0.15) is 24.8 Å². The molecule has 2 rings (SSSR count). The van der Waals surface area contributed by atoms with Gasteiger partial charge in [-0.2, -0.15) is 0 Å². The number of carbonyl (C=O) groups excluding carboxylic acids is 1. The number of likely N-dealkylation sites (tertiary alicyclic amines) is 1. The number of nitrogens with zero attached hydrogens (tertiary/aromatic N) is 1. The van der Waals surface area contributed by atoms with E-state index < -0.39 is 0 Å². The molecule has 5 heteroatoms. The van der Waals surface area contributed by atoms with Gasteiger partial charge in [0.2, 0.25) is 5.91 Å². The van der Waals surface area contributed by atoms with E-state index in [4.69, 9.17) is 5.73 Å². The Morgan fingerprint density at radius 1 is 1.42 bits per heavy atom. The summed E-state index contributed by atoms with van der Waals surface area (Å²) in [6.45, 7) is 3.05. The van der Waals surface area contributed by atoms with E-state index in [0.717, 1.165) is 38.0 Å². The Kier molecular flexibility index (Phi) is 4.63. The number of benzene rings is 1. The first-order valence-electron chi connectivity index (χ1n) is 6.73. The minimum Gasteiger partial charge on any atom is -0.508 e. The van der Waals surface area contributed by atoms with Crippen LogP contribution >= 0.6 is 0 Å². The summed E-state index contributed by atoms with van der Waals surface area (Å²) in [5.41, 5.74) is 7.14. The van der Waals surface area contributed by atoms with Crippen molar-refractivity contribution in [2.24, 2.45) is 0 Å². The summed E-state index contributed by atoms with van der Waals surface area (Å²) < 4.78 is 0. The van der Waals surface area contributed by atoms with Crippen LogP contribution in [0.2, 0.25) is 0 Å². The highest BCUT2D eigenvalue weighted by atomic mass is 16.3. The first-order valence-corrected chi connectivity index (χ1v) is 6.73. The second-order valence-electron chi connectivity index (χ2n) is 4.86. The summed E-state index contributed by atoms with van der Waals surface area (Å²) in [6, 6.07) is 5.14. The van der Waals surface area contributed by atoms with Crippen molar-refractivity contribution in [2.75, 3.05) is 25.4 Å². The lowest BCUT2D eigenvalue weighted by atomic mass is 10.1. The average molecular weight is 263 g/mol. The molecule has 4 N–H and O–H groups in total. The molecule has 0 bridgehead atoms. The Balaban J connectivity index is 1.68. The van der Waals surface area contributed by atoms with Crippen molar-refractivity contribution in [2.45, 2.75) is 25.8 Å². The quantitative estimate of drug-likeness (QED) is 0.530. The third-order valence-electron chi connectivity index (χ3n) is 3.44. The molecule has 1 amide bonds. The third-order valence-corrected chi connectivity index (χ3v) is 3.44. The van der Waals surface area contributed by atoms with Crippen molar-refractivity contribution in [3.8, 4) is 5.75 Å². The van der Waals surface area contributed by atoms with Crippen molar-refractivity contribution in [1.82, 2.24) is 10.2 Å². The number of carbonyl (C=O) groups is 1. The van der Waals surface area contributed by atoms with Gasteiger partial charge in [0.05, 0.1) is 0 Å². The van der Waals surface area contributed by atoms with Gasteiger partial charge in [-0.3, -0.25) is 4.79 Å². The van der Waals surface area contributed by atoms with E-state index in [1.807, 2.05) is 4.90 Å². The molecule has 1 aromatic carbocycles. The monoisotopic (exact) mass is 263 g/mol. The molecule has 19 heavy (non-hydrogen) atoms. The first kappa shape index (κ1) is 13.7. The molecule has 0 unspecified atom stereocenters. The zero-order valence-electron chi connectivity index (χ0n) is 11.1. The predicted molar refractivity (Wildman–Crippen MR) is 74.7 cm³/mol. The van der Waals surface area contributed by atoms with Gasteiger partial charge in [-0.25, -0.2) is 0 Å². The van der Waals surface area contributed by atoms with Gasteiger partial charge in [-0.15, -0.1) is 0 Å². The molecule has 1 fully saturated rings. The molecule has 0 atom stereocenters. The van der Waals surface area contributed by atoms with Gasteiger partial charge >= 0.3 is 0 Å². The van der Waals surface area contributed by atoms with Crippen LogP contribution in [0.4, 0.5) is 5.69 Å². The molecule has 0 spiro atoms. The maximum Gasteiger partial charge on any atom is 0.222 e. The van der Waals surface area contributed by atoms with Crippen LogP contribution in [-0.4, -0.2) is 35.5 Å². The summed E-state index contributed by atoms with van der Waals surface area (Å²) in [4.78, 5) is 13.3. The lowest BCUT2D eigenvalue weighted by Gasteiger charge is -2.15. The molecule has 1 aliphatic heterocycles. The van der Waals surface area contributed by atoms with Gasteiger partial charge in [0.15, 0.2) is 0 Å². The number of hydrogen-bond acceptors (Lipinski definition) is 4. The van der Waals surface area contributed by atoms with Gasteiger partial charge in [0.25, 0.3) is 0 Å². The SMILES string of the molecule is Nc1cccc(O)c1CNCCCN1CCCC1=O. The lowest BCUT2D eigenvalue weighted by molar-refractivity contribution is -0.127. The summed E-state index contributed by atoms with van der Waals surface area (Å²) in [5.74, 6) is 0.493. The Hall–Kier alpha value is -1.75. The smallest absolute Gasteiger partial charge is 0.222 e. The van der Waals surface area contributed by atoms with Crippen LogP contribution in [0.5, 0.6) is 5.75 Å². The van der Waals surface area contributed by atoms with Gasteiger partial charge in [-0.1, -0.05) is 6.07 Å². The van der Waals surface area contributed by atoms with Gasteiger partial charge in [0.1, 0.15) is 5.75 Å². The number of phenols is 1. The zero-order valence-corrected chi connectivity index (χ0v) is 11.1. The molecule has 1 heterocycles. The predicted octanol–water partition coefficient (Wildman–Crippen LogP) is 1.08. The zero-order chi connectivity index (χ0) is 13.7. The van der Waals surface area contributed by atoms with Crippen LogP contribution in [0.25, 0.3) is 0 Å². The first-order chi connectivity index (χ1) is 9.18. The Morgan fingerprint density at radius 2 is 2.26 bits per heavy atom. The average Bonchev–Trinajstić information content (AvgIpc) is 2.78. The van der Waals surface area contributed by atoms with Crippen molar-refractivity contribution in [3.63, 3.8) is 0 Å². The minimum absolute atomic E-state index is 0.224. The largest absolute Gasteiger partial charge is 0.508 e. The van der Waals surface area contributed by atoms with Crippen molar-refractivity contribution in [1.29, 1.82) is 0 Å². The van der Waals surface area contributed by atoms with E-state index >= 15 is 0 Å². The molecule has 0 aromatic heterocycles. The number of phenolic OH excluding ortho intramolecular Hbond substituents is 1. The van der Waals surface area contributed by atoms with Crippen LogP contribution < -0.4 is 11.1 Å². The highest BCUT2D eigenvalue weighted by molar-refractivity contribution is 5.77. The molecule has 0 aliphatic carbocycles. The van der Waals surface area contributed by atoms with E-state index in [1.54, 1.807) is 18.2 Å². The second kappa shape index (κ2) is 6.43. The molecular formula is C14H21N3O2. The molecule has 1 aliphatic rings. The molecule has 0 radical (unpaired) electrons. The maximum absolute atomic E-state index is 11.4. The number of rotatable bonds is 6. The minimum atomic E-state index is 0.224. The topological polar surface area (TPSA) is 78.6 Å². The van der Waals surface area contributed by atoms with E-state index in [9.17, 15) is 9.90 Å². The van der Waals surface area contributed by atoms with Crippen molar-refractivity contribution >= 4 is 11.6 Å². The maximum atomic E-state index is 11.4. The molecule has 104 valence electrons. The number of nitrogens with one attached hydrogen (secondary N) is 1. The highest BCUT2D eigenvalue weighted by Gasteiger charge is 2.18.